The second kappa shape index (κ2) is 11.7. The van der Waals surface area contributed by atoms with Gasteiger partial charge in [-0.05, 0) is 83.0 Å². The molecular weight excluding hydrogens is 529 g/mol. The largest absolute Gasteiger partial charge is 0.458 e. The average molecular weight is 564 g/mol. The Hall–Kier alpha value is -3.51. The molecule has 1 fully saturated rings. The molecule has 2 amide bonds. The lowest BCUT2D eigenvalue weighted by atomic mass is 10.1. The molecule has 0 saturated carbocycles. The molecule has 12 heteroatoms. The first-order valence-corrected chi connectivity index (χ1v) is 13.9. The van der Waals surface area contributed by atoms with Crippen LogP contribution in [0.2, 0.25) is 0 Å². The van der Waals surface area contributed by atoms with E-state index in [9.17, 15) is 27.2 Å². The van der Waals surface area contributed by atoms with Crippen LogP contribution in [-0.2, 0) is 24.3 Å². The first-order chi connectivity index (χ1) is 18.1. The minimum atomic E-state index is -4.21. The van der Waals surface area contributed by atoms with Gasteiger partial charge in [-0.15, -0.1) is 0 Å². The summed E-state index contributed by atoms with van der Waals surface area (Å²) in [6.07, 6.45) is 0.0182. The fourth-order valence-electron chi connectivity index (χ4n) is 4.10. The third-order valence-electron chi connectivity index (χ3n) is 5.95. The number of ether oxygens (including phenoxy) is 2. The van der Waals surface area contributed by atoms with Gasteiger partial charge in [-0.3, -0.25) is 9.69 Å². The van der Waals surface area contributed by atoms with Gasteiger partial charge in [-0.2, -0.15) is 4.31 Å². The predicted octanol–water partition coefficient (Wildman–Crippen LogP) is 3.80. The number of esters is 1. The second-order valence-electron chi connectivity index (χ2n) is 10.4. The van der Waals surface area contributed by atoms with Gasteiger partial charge in [0.25, 0.3) is 0 Å². The van der Waals surface area contributed by atoms with E-state index in [1.54, 1.807) is 20.8 Å². The molecule has 0 spiro atoms. The van der Waals surface area contributed by atoms with Gasteiger partial charge in [0.1, 0.15) is 29.3 Å². The quantitative estimate of drug-likeness (QED) is 0.471. The number of sulfonamides is 1. The van der Waals surface area contributed by atoms with Crippen molar-refractivity contribution in [1.82, 2.24) is 9.21 Å². The van der Waals surface area contributed by atoms with Crippen molar-refractivity contribution in [3.05, 3.63) is 54.3 Å². The first kappa shape index (κ1) is 30.0. The van der Waals surface area contributed by atoms with Crippen molar-refractivity contribution in [3.8, 4) is 5.75 Å². The summed E-state index contributed by atoms with van der Waals surface area (Å²) < 4.78 is 52.4. The van der Waals surface area contributed by atoms with E-state index in [2.05, 4.69) is 0 Å². The molecular formula is C27H34FN3O7S. The molecule has 0 N–H and O–H groups in total. The summed E-state index contributed by atoms with van der Waals surface area (Å²) in [5.74, 6) is -1.82. The molecule has 0 aliphatic carbocycles. The van der Waals surface area contributed by atoms with E-state index in [1.165, 1.54) is 67.2 Å². The van der Waals surface area contributed by atoms with Gasteiger partial charge >= 0.3 is 12.1 Å². The minimum absolute atomic E-state index is 0.0589. The zero-order valence-electron chi connectivity index (χ0n) is 22.9. The van der Waals surface area contributed by atoms with E-state index in [-0.39, 0.29) is 29.3 Å². The maximum Gasteiger partial charge on any atom is 0.414 e. The van der Waals surface area contributed by atoms with Gasteiger partial charge in [0, 0.05) is 26.3 Å². The van der Waals surface area contributed by atoms with Gasteiger partial charge < -0.3 is 14.4 Å². The van der Waals surface area contributed by atoms with Crippen molar-refractivity contribution in [2.75, 3.05) is 25.5 Å². The summed E-state index contributed by atoms with van der Waals surface area (Å²) in [6.45, 7) is 6.64. The average Bonchev–Trinajstić information content (AvgIpc) is 3.35. The molecule has 2 atom stereocenters. The van der Waals surface area contributed by atoms with Crippen molar-refractivity contribution in [3.63, 3.8) is 0 Å². The molecule has 212 valence electrons. The van der Waals surface area contributed by atoms with Crippen LogP contribution < -0.4 is 9.64 Å². The van der Waals surface area contributed by atoms with Gasteiger partial charge in [0.15, 0.2) is 0 Å². The molecule has 0 radical (unpaired) electrons. The van der Waals surface area contributed by atoms with E-state index in [0.717, 1.165) is 16.4 Å². The summed E-state index contributed by atoms with van der Waals surface area (Å²) in [5.41, 5.74) is -0.553. The van der Waals surface area contributed by atoms with E-state index < -0.39 is 51.5 Å². The summed E-state index contributed by atoms with van der Waals surface area (Å²) in [6, 6.07) is 8.28. The van der Waals surface area contributed by atoms with Crippen LogP contribution in [0.3, 0.4) is 0 Å². The number of benzene rings is 2. The lowest BCUT2D eigenvalue weighted by molar-refractivity contribution is -0.157. The Balaban J connectivity index is 1.99. The monoisotopic (exact) mass is 563 g/mol. The van der Waals surface area contributed by atoms with E-state index >= 15 is 0 Å². The molecule has 3 rings (SSSR count). The zero-order valence-corrected chi connectivity index (χ0v) is 23.7. The number of rotatable bonds is 7. The Morgan fingerprint density at radius 3 is 2.28 bits per heavy atom. The van der Waals surface area contributed by atoms with Crippen molar-refractivity contribution in [2.24, 2.45) is 0 Å². The summed E-state index contributed by atoms with van der Waals surface area (Å²) in [4.78, 5) is 41.1. The highest BCUT2D eigenvalue weighted by molar-refractivity contribution is 7.89. The van der Waals surface area contributed by atoms with E-state index in [4.69, 9.17) is 9.47 Å². The Morgan fingerprint density at radius 2 is 1.72 bits per heavy atom. The SMILES string of the molecule is C[C@@H](C(=O)OC(C)(C)C)N(C(=O)[C@@H]1CCCN1S(=O)(=O)c1cccc(F)c1)c1ccc(OC(=O)N(C)C)cc1. The number of hydrogen-bond donors (Lipinski definition) is 0. The molecule has 0 aromatic heterocycles. The first-order valence-electron chi connectivity index (χ1n) is 12.4. The summed E-state index contributed by atoms with van der Waals surface area (Å²) >= 11 is 0. The van der Waals surface area contributed by atoms with Crippen molar-refractivity contribution in [2.45, 2.75) is 63.1 Å². The van der Waals surface area contributed by atoms with Crippen LogP contribution in [0.15, 0.2) is 53.4 Å². The van der Waals surface area contributed by atoms with Crippen molar-refractivity contribution < 1.29 is 36.7 Å². The highest BCUT2D eigenvalue weighted by Crippen LogP contribution is 2.31. The fraction of sp³-hybridized carbons (Fsp3) is 0.444. The number of hydrogen-bond acceptors (Lipinski definition) is 7. The van der Waals surface area contributed by atoms with E-state index in [0.29, 0.717) is 6.42 Å². The molecule has 39 heavy (non-hydrogen) atoms. The molecule has 0 unspecified atom stereocenters. The summed E-state index contributed by atoms with van der Waals surface area (Å²) in [7, 11) is -1.14. The third kappa shape index (κ3) is 7.12. The highest BCUT2D eigenvalue weighted by Gasteiger charge is 2.44. The number of anilines is 1. The van der Waals surface area contributed by atoms with Crippen LogP contribution in [0.1, 0.15) is 40.5 Å². The third-order valence-corrected chi connectivity index (χ3v) is 7.85. The van der Waals surface area contributed by atoms with Crippen LogP contribution in [0.5, 0.6) is 5.75 Å². The minimum Gasteiger partial charge on any atom is -0.458 e. The Bertz CT molecular complexity index is 1320. The maximum absolute atomic E-state index is 14.0. The zero-order chi connectivity index (χ0) is 29.1. The molecule has 1 saturated heterocycles. The molecule has 1 aliphatic heterocycles. The normalized spacial score (nSPS) is 16.8. The Kier molecular flexibility index (Phi) is 9.01. The van der Waals surface area contributed by atoms with Gasteiger partial charge in [-0.25, -0.2) is 22.4 Å². The standard InChI is InChI=1S/C27H34FN3O7S/c1-18(25(33)38-27(2,3)4)31(20-12-14-21(15-13-20)37-26(34)29(5)6)24(32)23-11-8-16-30(23)39(35,36)22-10-7-9-19(28)17-22/h7,9-10,12-15,17-18,23H,8,11,16H2,1-6H3/t18-,23-/m0/s1. The fourth-order valence-corrected chi connectivity index (χ4v) is 5.78. The number of carbonyl (C=O) groups is 3. The van der Waals surface area contributed by atoms with Crippen LogP contribution in [0.25, 0.3) is 0 Å². The molecule has 2 aromatic carbocycles. The smallest absolute Gasteiger partial charge is 0.414 e. The van der Waals surface area contributed by atoms with Crippen LogP contribution >= 0.6 is 0 Å². The van der Waals surface area contributed by atoms with Gasteiger partial charge in [-0.1, -0.05) is 6.07 Å². The molecule has 1 heterocycles. The van der Waals surface area contributed by atoms with Crippen molar-refractivity contribution in [1.29, 1.82) is 0 Å². The lowest BCUT2D eigenvalue weighted by Crippen LogP contribution is -2.53. The maximum atomic E-state index is 14.0. The summed E-state index contributed by atoms with van der Waals surface area (Å²) in [5, 5.41) is 0. The number of carbonyl (C=O) groups excluding carboxylic acids is 3. The molecule has 0 bridgehead atoms. The molecule has 1 aliphatic rings. The van der Waals surface area contributed by atoms with Gasteiger partial charge in [0.05, 0.1) is 4.90 Å². The van der Waals surface area contributed by atoms with Crippen molar-refractivity contribution >= 4 is 33.7 Å². The van der Waals surface area contributed by atoms with E-state index in [1.807, 2.05) is 0 Å². The number of amides is 2. The van der Waals surface area contributed by atoms with Crippen LogP contribution in [0, 0.1) is 5.82 Å². The Morgan fingerprint density at radius 1 is 1.08 bits per heavy atom. The number of nitrogens with zero attached hydrogens (tertiary/aromatic N) is 3. The second-order valence-corrected chi connectivity index (χ2v) is 12.3. The highest BCUT2D eigenvalue weighted by atomic mass is 32.2. The van der Waals surface area contributed by atoms with Crippen LogP contribution in [-0.4, -0.2) is 73.9 Å². The Labute approximate surface area is 228 Å². The molecule has 2 aromatic rings. The lowest BCUT2D eigenvalue weighted by Gasteiger charge is -2.34. The topological polar surface area (TPSA) is 114 Å². The number of halogens is 1. The van der Waals surface area contributed by atoms with Crippen LogP contribution in [0.4, 0.5) is 14.9 Å². The molecule has 10 nitrogen and oxygen atoms in total. The van der Waals surface area contributed by atoms with Gasteiger partial charge in [0.2, 0.25) is 15.9 Å². The predicted molar refractivity (Wildman–Crippen MR) is 142 cm³/mol.